The van der Waals surface area contributed by atoms with E-state index in [1.54, 1.807) is 6.07 Å². The summed E-state index contributed by atoms with van der Waals surface area (Å²) in [4.78, 5) is 24.2. The van der Waals surface area contributed by atoms with Crippen LogP contribution in [-0.2, 0) is 19.6 Å². The standard InChI is InChI=1S/C20H22ClNO5S/c1-13-9-14(2)20(15(3)10-13)18(23)12-27-19(24)7-8-22-28(25,26)17-6-4-5-16(21)11-17/h4-6,9-11,22H,7-8,12H2,1-3H3. The van der Waals surface area contributed by atoms with Crippen molar-refractivity contribution >= 4 is 33.4 Å². The van der Waals surface area contributed by atoms with Gasteiger partial charge in [0.25, 0.3) is 0 Å². The van der Waals surface area contributed by atoms with E-state index in [0.29, 0.717) is 10.6 Å². The topological polar surface area (TPSA) is 89.5 Å². The Balaban J connectivity index is 1.86. The minimum atomic E-state index is -3.78. The molecule has 0 aliphatic carbocycles. The van der Waals surface area contributed by atoms with Gasteiger partial charge >= 0.3 is 5.97 Å². The lowest BCUT2D eigenvalue weighted by Gasteiger charge is -2.11. The van der Waals surface area contributed by atoms with E-state index in [2.05, 4.69) is 4.72 Å². The maximum Gasteiger partial charge on any atom is 0.307 e. The zero-order valence-electron chi connectivity index (χ0n) is 15.9. The summed E-state index contributed by atoms with van der Waals surface area (Å²) in [5, 5.41) is 0.294. The van der Waals surface area contributed by atoms with E-state index < -0.39 is 16.0 Å². The Hall–Kier alpha value is -2.22. The number of sulfonamides is 1. The molecule has 8 heteroatoms. The molecule has 0 saturated heterocycles. The molecule has 0 unspecified atom stereocenters. The van der Waals surface area contributed by atoms with Gasteiger partial charge in [0.1, 0.15) is 0 Å². The molecule has 0 bridgehead atoms. The second-order valence-corrected chi connectivity index (χ2v) is 8.67. The lowest BCUT2D eigenvalue weighted by Crippen LogP contribution is -2.27. The van der Waals surface area contributed by atoms with Gasteiger partial charge in [0.05, 0.1) is 11.3 Å². The lowest BCUT2D eigenvalue weighted by atomic mass is 9.97. The Morgan fingerprint density at radius 2 is 1.71 bits per heavy atom. The van der Waals surface area contributed by atoms with Crippen LogP contribution >= 0.6 is 11.6 Å². The molecule has 0 atom stereocenters. The minimum Gasteiger partial charge on any atom is -0.457 e. The molecule has 2 aromatic rings. The Kier molecular flexibility index (Phi) is 7.35. The Labute approximate surface area is 169 Å². The van der Waals surface area contributed by atoms with E-state index in [0.717, 1.165) is 16.7 Å². The SMILES string of the molecule is Cc1cc(C)c(C(=O)COC(=O)CCNS(=O)(=O)c2cccc(Cl)c2)c(C)c1. The highest BCUT2D eigenvalue weighted by atomic mass is 35.5. The van der Waals surface area contributed by atoms with Gasteiger partial charge in [0, 0.05) is 17.1 Å². The van der Waals surface area contributed by atoms with Crippen molar-refractivity contribution in [2.45, 2.75) is 32.1 Å². The quantitative estimate of drug-likeness (QED) is 0.519. The number of hydrogen-bond donors (Lipinski definition) is 1. The second kappa shape index (κ2) is 9.32. The van der Waals surface area contributed by atoms with Gasteiger partial charge in [-0.3, -0.25) is 9.59 Å². The Morgan fingerprint density at radius 3 is 2.32 bits per heavy atom. The van der Waals surface area contributed by atoms with E-state index in [9.17, 15) is 18.0 Å². The zero-order chi connectivity index (χ0) is 20.9. The number of benzene rings is 2. The summed E-state index contributed by atoms with van der Waals surface area (Å²) in [6.07, 6.45) is -0.195. The predicted octanol–water partition coefficient (Wildman–Crippen LogP) is 3.36. The molecule has 0 aliphatic heterocycles. The largest absolute Gasteiger partial charge is 0.457 e. The molecule has 6 nitrogen and oxygen atoms in total. The van der Waals surface area contributed by atoms with E-state index in [1.165, 1.54) is 18.2 Å². The van der Waals surface area contributed by atoms with Gasteiger partial charge in [-0.1, -0.05) is 35.4 Å². The fourth-order valence-corrected chi connectivity index (χ4v) is 4.25. The highest BCUT2D eigenvalue weighted by Gasteiger charge is 2.17. The molecule has 1 N–H and O–H groups in total. The molecule has 150 valence electrons. The molecule has 2 rings (SSSR count). The summed E-state index contributed by atoms with van der Waals surface area (Å²) < 4.78 is 31.6. The molecule has 0 amide bonds. The number of rotatable bonds is 8. The number of ketones is 1. The van der Waals surface area contributed by atoms with Crippen LogP contribution < -0.4 is 4.72 Å². The Bertz CT molecular complexity index is 978. The van der Waals surface area contributed by atoms with Crippen LogP contribution in [0.25, 0.3) is 0 Å². The van der Waals surface area contributed by atoms with Crippen molar-refractivity contribution in [2.24, 2.45) is 0 Å². The minimum absolute atomic E-state index is 0.00821. The molecular formula is C20H22ClNO5S. The summed E-state index contributed by atoms with van der Waals surface area (Å²) in [6, 6.07) is 9.59. The smallest absolute Gasteiger partial charge is 0.307 e. The first-order valence-corrected chi connectivity index (χ1v) is 10.5. The molecule has 0 spiro atoms. The van der Waals surface area contributed by atoms with Crippen LogP contribution in [0.4, 0.5) is 0 Å². The van der Waals surface area contributed by atoms with Crippen LogP contribution in [0.15, 0.2) is 41.3 Å². The summed E-state index contributed by atoms with van der Waals surface area (Å²) in [7, 11) is -3.78. The molecule has 0 aliphatic rings. The third-order valence-corrected chi connectivity index (χ3v) is 5.74. The van der Waals surface area contributed by atoms with Crippen LogP contribution in [-0.4, -0.2) is 33.3 Å². The molecule has 0 fully saturated rings. The van der Waals surface area contributed by atoms with Crippen molar-refractivity contribution in [1.82, 2.24) is 4.72 Å². The molecule has 0 radical (unpaired) electrons. The zero-order valence-corrected chi connectivity index (χ0v) is 17.5. The molecule has 2 aromatic carbocycles. The molecular weight excluding hydrogens is 402 g/mol. The van der Waals surface area contributed by atoms with E-state index in [1.807, 2.05) is 32.9 Å². The van der Waals surface area contributed by atoms with Gasteiger partial charge in [-0.25, -0.2) is 13.1 Å². The van der Waals surface area contributed by atoms with Gasteiger partial charge < -0.3 is 4.74 Å². The highest BCUT2D eigenvalue weighted by Crippen LogP contribution is 2.17. The molecule has 0 heterocycles. The number of nitrogens with one attached hydrogen (secondary N) is 1. The first-order valence-electron chi connectivity index (χ1n) is 8.62. The normalized spacial score (nSPS) is 11.3. The average molecular weight is 424 g/mol. The van der Waals surface area contributed by atoms with Crippen molar-refractivity contribution in [2.75, 3.05) is 13.2 Å². The first kappa shape index (κ1) is 22.1. The van der Waals surface area contributed by atoms with Gasteiger partial charge in [0.15, 0.2) is 6.61 Å². The molecule has 0 aromatic heterocycles. The number of Topliss-reactive ketones (excluding diaryl/α,β-unsaturated/α-hetero) is 1. The summed E-state index contributed by atoms with van der Waals surface area (Å²) in [6.45, 7) is 5.08. The van der Waals surface area contributed by atoms with Gasteiger partial charge in [0.2, 0.25) is 15.8 Å². The number of halogens is 1. The maximum absolute atomic E-state index is 12.4. The van der Waals surface area contributed by atoms with Crippen LogP contribution in [0.2, 0.25) is 5.02 Å². The maximum atomic E-state index is 12.4. The van der Waals surface area contributed by atoms with Crippen LogP contribution in [0.1, 0.15) is 33.5 Å². The lowest BCUT2D eigenvalue weighted by molar-refractivity contribution is -0.142. The van der Waals surface area contributed by atoms with Gasteiger partial charge in [-0.05, 0) is 50.1 Å². The highest BCUT2D eigenvalue weighted by molar-refractivity contribution is 7.89. The molecule has 0 saturated carbocycles. The fraction of sp³-hybridized carbons (Fsp3) is 0.300. The average Bonchev–Trinajstić information content (AvgIpc) is 2.59. The van der Waals surface area contributed by atoms with Crippen molar-refractivity contribution in [3.63, 3.8) is 0 Å². The first-order chi connectivity index (χ1) is 13.1. The monoisotopic (exact) mass is 423 g/mol. The predicted molar refractivity (Wildman–Crippen MR) is 107 cm³/mol. The van der Waals surface area contributed by atoms with E-state index in [4.69, 9.17) is 16.3 Å². The third-order valence-electron chi connectivity index (χ3n) is 4.05. The van der Waals surface area contributed by atoms with Gasteiger partial charge in [-0.15, -0.1) is 0 Å². The number of aryl methyl sites for hydroxylation is 3. The van der Waals surface area contributed by atoms with Crippen LogP contribution in [0.5, 0.6) is 0 Å². The fourth-order valence-electron chi connectivity index (χ4n) is 2.92. The van der Waals surface area contributed by atoms with Crippen LogP contribution in [0, 0.1) is 20.8 Å². The summed E-state index contributed by atoms with van der Waals surface area (Å²) in [5.74, 6) is -0.951. The third kappa shape index (κ3) is 5.89. The van der Waals surface area contributed by atoms with Crippen molar-refractivity contribution < 1.29 is 22.7 Å². The van der Waals surface area contributed by atoms with Crippen LogP contribution in [0.3, 0.4) is 0 Å². The van der Waals surface area contributed by atoms with Crippen molar-refractivity contribution in [3.8, 4) is 0 Å². The van der Waals surface area contributed by atoms with Crippen molar-refractivity contribution in [1.29, 1.82) is 0 Å². The van der Waals surface area contributed by atoms with Gasteiger partial charge in [-0.2, -0.15) is 0 Å². The summed E-state index contributed by atoms with van der Waals surface area (Å²) in [5.41, 5.74) is 3.25. The number of carbonyl (C=O) groups is 2. The Morgan fingerprint density at radius 1 is 1.07 bits per heavy atom. The summed E-state index contributed by atoms with van der Waals surface area (Å²) >= 11 is 5.79. The number of esters is 1. The number of ether oxygens (including phenoxy) is 1. The second-order valence-electron chi connectivity index (χ2n) is 6.46. The number of hydrogen-bond acceptors (Lipinski definition) is 5. The van der Waals surface area contributed by atoms with E-state index >= 15 is 0 Å². The van der Waals surface area contributed by atoms with E-state index in [-0.39, 0.29) is 30.3 Å². The molecule has 28 heavy (non-hydrogen) atoms. The van der Waals surface area contributed by atoms with Crippen molar-refractivity contribution in [3.05, 3.63) is 63.7 Å². The number of carbonyl (C=O) groups excluding carboxylic acids is 2.